The fourth-order valence-electron chi connectivity index (χ4n) is 4.68. The van der Waals surface area contributed by atoms with Crippen LogP contribution in [0, 0.1) is 5.92 Å². The summed E-state index contributed by atoms with van der Waals surface area (Å²) >= 11 is 0. The van der Waals surface area contributed by atoms with Crippen LogP contribution in [-0.2, 0) is 21.3 Å². The lowest BCUT2D eigenvalue weighted by molar-refractivity contribution is 0.00920. The molecule has 2 aromatic carbocycles. The Bertz CT molecular complexity index is 1350. The van der Waals surface area contributed by atoms with Gasteiger partial charge in [-0.2, -0.15) is 0 Å². The molecule has 0 saturated heterocycles. The maximum absolute atomic E-state index is 13.6. The van der Waals surface area contributed by atoms with E-state index in [4.69, 9.17) is 9.47 Å². The molecule has 1 aliphatic rings. The summed E-state index contributed by atoms with van der Waals surface area (Å²) in [4.78, 5) is 21.9. The number of nitrogens with zero attached hydrogens (tertiary/aromatic N) is 3. The molecular weight excluding hydrogens is 516 g/mol. The minimum Gasteiger partial charge on any atom is -0.491 e. The molecule has 0 fully saturated rings. The molecule has 0 saturated carbocycles. The maximum Gasteiger partial charge on any atom is 0.261 e. The van der Waals surface area contributed by atoms with E-state index in [1.807, 2.05) is 12.3 Å². The first kappa shape index (κ1) is 28.5. The highest BCUT2D eigenvalue weighted by molar-refractivity contribution is 7.92. The summed E-state index contributed by atoms with van der Waals surface area (Å²) < 4.78 is 40.4. The molecule has 1 amide bonds. The van der Waals surface area contributed by atoms with E-state index in [1.54, 1.807) is 55.6 Å². The fraction of sp³-hybridized carbons (Fsp3) is 0.379. The maximum atomic E-state index is 13.6. The van der Waals surface area contributed by atoms with E-state index >= 15 is 0 Å². The van der Waals surface area contributed by atoms with Crippen LogP contribution in [0.1, 0.15) is 29.8 Å². The number of hydrogen-bond acceptors (Lipinski definition) is 7. The predicted octanol–water partition coefficient (Wildman–Crippen LogP) is 3.89. The van der Waals surface area contributed by atoms with Gasteiger partial charge in [-0.05, 0) is 54.8 Å². The molecule has 0 bridgehead atoms. The number of fused-ring (bicyclic) bond motifs is 1. The van der Waals surface area contributed by atoms with Crippen molar-refractivity contribution in [2.45, 2.75) is 37.4 Å². The van der Waals surface area contributed by atoms with Crippen molar-refractivity contribution in [2.75, 3.05) is 38.6 Å². The molecule has 0 radical (unpaired) electrons. The number of carbonyl (C=O) groups is 1. The van der Waals surface area contributed by atoms with Crippen molar-refractivity contribution in [3.8, 4) is 5.75 Å². The van der Waals surface area contributed by atoms with Crippen molar-refractivity contribution in [3.05, 3.63) is 84.2 Å². The number of benzene rings is 2. The summed E-state index contributed by atoms with van der Waals surface area (Å²) in [6.45, 7) is 6.35. The molecule has 208 valence electrons. The zero-order chi connectivity index (χ0) is 28.0. The molecule has 1 N–H and O–H groups in total. The average molecular weight is 553 g/mol. The average Bonchev–Trinajstić information content (AvgIpc) is 2.94. The summed E-state index contributed by atoms with van der Waals surface area (Å²) in [7, 11) is -0.448. The number of carbonyl (C=O) groups excluding carboxylic acids is 1. The van der Waals surface area contributed by atoms with Gasteiger partial charge in [-0.15, -0.1) is 0 Å². The van der Waals surface area contributed by atoms with Gasteiger partial charge in [-0.3, -0.25) is 19.4 Å². The van der Waals surface area contributed by atoms with Gasteiger partial charge in [0.2, 0.25) is 0 Å². The van der Waals surface area contributed by atoms with Gasteiger partial charge < -0.3 is 14.4 Å². The van der Waals surface area contributed by atoms with Crippen molar-refractivity contribution in [3.63, 3.8) is 0 Å². The van der Waals surface area contributed by atoms with E-state index < -0.39 is 10.0 Å². The van der Waals surface area contributed by atoms with Crippen molar-refractivity contribution in [1.82, 2.24) is 14.8 Å². The Morgan fingerprint density at radius 2 is 1.85 bits per heavy atom. The number of pyridine rings is 1. The molecule has 0 aliphatic carbocycles. The predicted molar refractivity (Wildman–Crippen MR) is 150 cm³/mol. The number of ether oxygens (including phenoxy) is 2. The van der Waals surface area contributed by atoms with Crippen LogP contribution in [0.2, 0.25) is 0 Å². The highest BCUT2D eigenvalue weighted by Gasteiger charge is 2.29. The third-order valence-corrected chi connectivity index (χ3v) is 8.39. The van der Waals surface area contributed by atoms with Gasteiger partial charge in [0, 0.05) is 57.9 Å². The summed E-state index contributed by atoms with van der Waals surface area (Å²) in [6.07, 6.45) is 3.42. The second-order valence-electron chi connectivity index (χ2n) is 10.0. The number of likely N-dealkylation sites (N-methyl/N-ethyl adjacent to an activating group) is 1. The van der Waals surface area contributed by atoms with Gasteiger partial charge in [-0.1, -0.05) is 31.2 Å². The van der Waals surface area contributed by atoms with E-state index in [-0.39, 0.29) is 40.1 Å². The minimum atomic E-state index is -3.82. The Hall–Kier alpha value is -3.47. The molecule has 3 atom stereocenters. The Kier molecular flexibility index (Phi) is 9.21. The lowest BCUT2D eigenvalue weighted by Gasteiger charge is -2.36. The van der Waals surface area contributed by atoms with Crippen LogP contribution in [0.4, 0.5) is 5.69 Å². The first-order valence-corrected chi connectivity index (χ1v) is 14.4. The monoisotopic (exact) mass is 552 g/mol. The highest BCUT2D eigenvalue weighted by Crippen LogP contribution is 2.28. The summed E-state index contributed by atoms with van der Waals surface area (Å²) in [5.41, 5.74) is 1.65. The number of nitrogens with one attached hydrogen (secondary N) is 1. The van der Waals surface area contributed by atoms with Crippen LogP contribution < -0.4 is 9.46 Å². The van der Waals surface area contributed by atoms with E-state index in [2.05, 4.69) is 34.5 Å². The number of amides is 1. The van der Waals surface area contributed by atoms with Crippen LogP contribution in [0.3, 0.4) is 0 Å². The minimum absolute atomic E-state index is 0.0153. The molecule has 39 heavy (non-hydrogen) atoms. The number of methoxy groups -OCH3 is 1. The SMILES string of the molecule is CO[C@H]1CN(C)C(=O)c2cc(NS(=O)(=O)c3ccccc3)ccc2OC[C@@H](C)N(Cc2cccnc2)C[C@@H]1C. The van der Waals surface area contributed by atoms with Gasteiger partial charge in [0.15, 0.2) is 0 Å². The number of rotatable bonds is 6. The first-order chi connectivity index (χ1) is 18.7. The van der Waals surface area contributed by atoms with E-state index in [9.17, 15) is 13.2 Å². The highest BCUT2D eigenvalue weighted by atomic mass is 32.2. The molecule has 3 aromatic rings. The molecule has 0 unspecified atom stereocenters. The summed E-state index contributed by atoms with van der Waals surface area (Å²) in [6, 6.07) is 16.9. The topological polar surface area (TPSA) is 101 Å². The van der Waals surface area contributed by atoms with Crippen LogP contribution >= 0.6 is 0 Å². The second kappa shape index (κ2) is 12.6. The Labute approximate surface area is 230 Å². The molecular formula is C29H36N4O5S. The first-order valence-electron chi connectivity index (χ1n) is 12.9. The number of sulfonamides is 1. The zero-order valence-corrected chi connectivity index (χ0v) is 23.6. The lowest BCUT2D eigenvalue weighted by atomic mass is 10.0. The van der Waals surface area contributed by atoms with E-state index in [0.717, 1.165) is 12.1 Å². The summed E-state index contributed by atoms with van der Waals surface area (Å²) in [5, 5.41) is 0. The molecule has 2 heterocycles. The Balaban J connectivity index is 1.65. The Morgan fingerprint density at radius 3 is 2.54 bits per heavy atom. The molecule has 1 aliphatic heterocycles. The largest absolute Gasteiger partial charge is 0.491 e. The van der Waals surface area contributed by atoms with Crippen molar-refractivity contribution >= 4 is 21.6 Å². The Morgan fingerprint density at radius 1 is 1.08 bits per heavy atom. The third kappa shape index (κ3) is 7.14. The van der Waals surface area contributed by atoms with Crippen molar-refractivity contribution in [1.29, 1.82) is 0 Å². The summed E-state index contributed by atoms with van der Waals surface area (Å²) in [5.74, 6) is 0.234. The smallest absolute Gasteiger partial charge is 0.261 e. The van der Waals surface area contributed by atoms with Gasteiger partial charge in [0.25, 0.3) is 15.9 Å². The number of aromatic nitrogens is 1. The zero-order valence-electron chi connectivity index (χ0n) is 22.8. The molecule has 1 aromatic heterocycles. The van der Waals surface area contributed by atoms with Crippen molar-refractivity contribution < 1.29 is 22.7 Å². The molecule has 4 rings (SSSR count). The van der Waals surface area contributed by atoms with Crippen LogP contribution in [0.15, 0.2) is 78.0 Å². The van der Waals surface area contributed by atoms with E-state index in [0.29, 0.717) is 25.4 Å². The standard InChI is InChI=1S/C29H36N4O5S/c1-21-17-33(18-23-9-8-14-30-16-23)22(2)20-38-27-13-12-24(31-39(35,36)25-10-6-5-7-11-25)15-26(27)29(34)32(3)19-28(21)37-4/h5-16,21-22,28,31H,17-20H2,1-4H3/t21-,22+,28-/m0/s1. The van der Waals surface area contributed by atoms with Crippen LogP contribution in [0.5, 0.6) is 5.75 Å². The normalized spacial score (nSPS) is 21.3. The number of hydrogen-bond donors (Lipinski definition) is 1. The molecule has 10 heteroatoms. The van der Waals surface area contributed by atoms with Crippen molar-refractivity contribution in [2.24, 2.45) is 5.92 Å². The molecule has 9 nitrogen and oxygen atoms in total. The molecule has 0 spiro atoms. The van der Waals surface area contributed by atoms with Crippen LogP contribution in [-0.4, -0.2) is 75.1 Å². The van der Waals surface area contributed by atoms with Gasteiger partial charge in [0.1, 0.15) is 12.4 Å². The van der Waals surface area contributed by atoms with Gasteiger partial charge >= 0.3 is 0 Å². The third-order valence-electron chi connectivity index (χ3n) is 6.99. The quantitative estimate of drug-likeness (QED) is 0.495. The van der Waals surface area contributed by atoms with E-state index in [1.165, 1.54) is 18.2 Å². The van der Waals surface area contributed by atoms with Gasteiger partial charge in [0.05, 0.1) is 16.6 Å². The second-order valence-corrected chi connectivity index (χ2v) is 11.7. The van der Waals surface area contributed by atoms with Gasteiger partial charge in [-0.25, -0.2) is 8.42 Å². The van der Waals surface area contributed by atoms with Crippen LogP contribution in [0.25, 0.3) is 0 Å². The number of anilines is 1. The lowest BCUT2D eigenvalue weighted by Crippen LogP contribution is -2.46. The fourth-order valence-corrected chi connectivity index (χ4v) is 5.75.